The van der Waals surface area contributed by atoms with E-state index in [9.17, 15) is 31.1 Å². The van der Waals surface area contributed by atoms with Crippen LogP contribution in [0.4, 0.5) is 26.3 Å². The van der Waals surface area contributed by atoms with E-state index in [1.165, 1.54) is 11.9 Å². The number of rotatable bonds is 5. The molecule has 2 aromatic rings. The zero-order valence-corrected chi connectivity index (χ0v) is 18.4. The van der Waals surface area contributed by atoms with Crippen molar-refractivity contribution >= 4 is 5.91 Å². The lowest BCUT2D eigenvalue weighted by molar-refractivity contribution is -0.143. The number of hydrogen-bond donors (Lipinski definition) is 1. The maximum atomic E-state index is 13.3. The van der Waals surface area contributed by atoms with E-state index in [1.54, 1.807) is 0 Å². The highest BCUT2D eigenvalue weighted by atomic mass is 19.4. The van der Waals surface area contributed by atoms with Crippen LogP contribution in [0.25, 0.3) is 0 Å². The first kappa shape index (κ1) is 25.1. The molecule has 0 radical (unpaired) electrons. The van der Waals surface area contributed by atoms with E-state index in [-0.39, 0.29) is 30.0 Å². The van der Waals surface area contributed by atoms with Crippen LogP contribution >= 0.6 is 0 Å². The third-order valence-corrected chi connectivity index (χ3v) is 6.08. The number of amides is 1. The molecule has 2 unspecified atom stereocenters. The van der Waals surface area contributed by atoms with Gasteiger partial charge in [0.25, 0.3) is 0 Å². The molecular weight excluding hydrogens is 446 g/mol. The lowest BCUT2D eigenvalue weighted by atomic mass is 9.78. The monoisotopic (exact) mass is 472 g/mol. The molecule has 1 saturated heterocycles. The molecule has 2 atom stereocenters. The highest BCUT2D eigenvalue weighted by molar-refractivity contribution is 5.80. The van der Waals surface area contributed by atoms with Gasteiger partial charge in [0, 0.05) is 32.0 Å². The van der Waals surface area contributed by atoms with Gasteiger partial charge in [0.1, 0.15) is 0 Å². The molecule has 2 aromatic carbocycles. The van der Waals surface area contributed by atoms with Gasteiger partial charge in [0.15, 0.2) is 0 Å². The van der Waals surface area contributed by atoms with Crippen molar-refractivity contribution in [1.82, 2.24) is 10.2 Å². The van der Waals surface area contributed by atoms with E-state index in [0.717, 1.165) is 17.5 Å². The first-order valence-corrected chi connectivity index (χ1v) is 10.7. The number of carbonyl (C=O) groups excluding carboxylic acids is 1. The maximum absolute atomic E-state index is 13.3. The molecule has 1 heterocycles. The van der Waals surface area contributed by atoms with Crippen molar-refractivity contribution in [2.75, 3.05) is 20.1 Å². The van der Waals surface area contributed by atoms with Gasteiger partial charge in [-0.15, -0.1) is 0 Å². The summed E-state index contributed by atoms with van der Waals surface area (Å²) in [7, 11) is 1.42. The van der Waals surface area contributed by atoms with Gasteiger partial charge in [0.2, 0.25) is 5.91 Å². The highest BCUT2D eigenvalue weighted by Crippen LogP contribution is 2.37. The molecule has 1 N–H and O–H groups in total. The van der Waals surface area contributed by atoms with Crippen LogP contribution in [0.1, 0.15) is 47.1 Å². The van der Waals surface area contributed by atoms with E-state index < -0.39 is 29.4 Å². The van der Waals surface area contributed by atoms with Crippen LogP contribution in [0, 0.1) is 5.92 Å². The molecule has 0 saturated carbocycles. The summed E-state index contributed by atoms with van der Waals surface area (Å²) < 4.78 is 79.1. The number of nitrogens with one attached hydrogen (secondary N) is 1. The number of nitrogens with zero attached hydrogens (tertiary/aromatic N) is 1. The number of aryl methyl sites for hydroxylation is 1. The third-order valence-electron chi connectivity index (χ3n) is 6.08. The Hall–Kier alpha value is -2.55. The second-order valence-electron chi connectivity index (χ2n) is 8.37. The van der Waals surface area contributed by atoms with Crippen molar-refractivity contribution in [3.8, 4) is 0 Å². The molecule has 1 fully saturated rings. The molecule has 3 rings (SSSR count). The Balaban J connectivity index is 1.87. The summed E-state index contributed by atoms with van der Waals surface area (Å²) in [5.74, 6) is -0.840. The Morgan fingerprint density at radius 3 is 2.21 bits per heavy atom. The van der Waals surface area contributed by atoms with Gasteiger partial charge in [-0.3, -0.25) is 4.79 Å². The molecule has 0 spiro atoms. The fraction of sp³-hybridized carbons (Fsp3) is 0.458. The Morgan fingerprint density at radius 2 is 1.64 bits per heavy atom. The molecule has 9 heteroatoms. The molecule has 3 nitrogen and oxygen atoms in total. The van der Waals surface area contributed by atoms with Gasteiger partial charge >= 0.3 is 12.4 Å². The standard InChI is InChI=1S/C24H26F6N2O/c1-3-16-6-4-5-7-19(16)21-13-31-9-8-20(21)22(33)32(2)14-15-10-17(23(25,26)27)12-18(11-15)24(28,29)30/h4-7,10-12,20-21,31H,3,8-9,13-14H2,1-2H3. The number of carbonyl (C=O) groups is 1. The van der Waals surface area contributed by atoms with Crippen LogP contribution in [-0.4, -0.2) is 30.9 Å². The maximum Gasteiger partial charge on any atom is 0.416 e. The minimum Gasteiger partial charge on any atom is -0.341 e. The van der Waals surface area contributed by atoms with E-state index in [4.69, 9.17) is 0 Å². The zero-order chi connectivity index (χ0) is 24.4. The average Bonchev–Trinajstić information content (AvgIpc) is 2.77. The normalized spacial score (nSPS) is 19.4. The minimum atomic E-state index is -4.93. The number of alkyl halides is 6. The molecule has 33 heavy (non-hydrogen) atoms. The highest BCUT2D eigenvalue weighted by Gasteiger charge is 2.38. The molecular formula is C24H26F6N2O. The van der Waals surface area contributed by atoms with Crippen molar-refractivity contribution in [3.63, 3.8) is 0 Å². The van der Waals surface area contributed by atoms with Crippen molar-refractivity contribution in [2.24, 2.45) is 5.92 Å². The summed E-state index contributed by atoms with van der Waals surface area (Å²) in [6, 6.07) is 9.23. The van der Waals surface area contributed by atoms with Crippen LogP contribution in [0.2, 0.25) is 0 Å². The fourth-order valence-electron chi connectivity index (χ4n) is 4.44. The van der Waals surface area contributed by atoms with Crippen molar-refractivity contribution in [1.29, 1.82) is 0 Å². The number of halogens is 6. The lowest BCUT2D eigenvalue weighted by Crippen LogP contribution is -2.44. The Labute approximate surface area is 188 Å². The summed E-state index contributed by atoms with van der Waals surface area (Å²) in [6.45, 7) is 2.85. The van der Waals surface area contributed by atoms with Gasteiger partial charge < -0.3 is 10.2 Å². The number of benzene rings is 2. The van der Waals surface area contributed by atoms with Gasteiger partial charge in [-0.2, -0.15) is 26.3 Å². The van der Waals surface area contributed by atoms with Crippen LogP contribution in [0.15, 0.2) is 42.5 Å². The van der Waals surface area contributed by atoms with Crippen molar-refractivity contribution in [3.05, 3.63) is 70.3 Å². The predicted octanol–water partition coefficient (Wildman–Crippen LogP) is 5.64. The summed E-state index contributed by atoms with van der Waals surface area (Å²) >= 11 is 0. The van der Waals surface area contributed by atoms with Crippen molar-refractivity contribution in [2.45, 2.75) is 44.6 Å². The lowest BCUT2D eigenvalue weighted by Gasteiger charge is -2.35. The zero-order valence-electron chi connectivity index (χ0n) is 18.4. The number of hydrogen-bond acceptors (Lipinski definition) is 2. The van der Waals surface area contributed by atoms with E-state index in [1.807, 2.05) is 31.2 Å². The number of piperidine rings is 1. The molecule has 1 aliphatic rings. The first-order chi connectivity index (χ1) is 15.4. The quantitative estimate of drug-likeness (QED) is 0.572. The van der Waals surface area contributed by atoms with E-state index in [0.29, 0.717) is 31.6 Å². The largest absolute Gasteiger partial charge is 0.416 e. The van der Waals surface area contributed by atoms with E-state index >= 15 is 0 Å². The van der Waals surface area contributed by atoms with Crippen LogP contribution in [-0.2, 0) is 30.1 Å². The summed E-state index contributed by atoms with van der Waals surface area (Å²) in [5.41, 5.74) is -0.834. The fourth-order valence-corrected chi connectivity index (χ4v) is 4.44. The van der Waals surface area contributed by atoms with Crippen LogP contribution in [0.5, 0.6) is 0 Å². The first-order valence-electron chi connectivity index (χ1n) is 10.7. The van der Waals surface area contributed by atoms with Gasteiger partial charge in [-0.25, -0.2) is 0 Å². The van der Waals surface area contributed by atoms with Gasteiger partial charge in [-0.1, -0.05) is 31.2 Å². The predicted molar refractivity (Wildman–Crippen MR) is 112 cm³/mol. The Kier molecular flexibility index (Phi) is 7.41. The summed E-state index contributed by atoms with van der Waals surface area (Å²) in [6.07, 6.45) is -8.54. The molecule has 0 aromatic heterocycles. The molecule has 0 bridgehead atoms. The average molecular weight is 472 g/mol. The van der Waals surface area contributed by atoms with Crippen LogP contribution in [0.3, 0.4) is 0 Å². The third kappa shape index (κ3) is 5.88. The second-order valence-corrected chi connectivity index (χ2v) is 8.37. The second kappa shape index (κ2) is 9.75. The van der Waals surface area contributed by atoms with Crippen LogP contribution < -0.4 is 5.32 Å². The smallest absolute Gasteiger partial charge is 0.341 e. The summed E-state index contributed by atoms with van der Waals surface area (Å²) in [4.78, 5) is 14.5. The van der Waals surface area contributed by atoms with Gasteiger partial charge in [0.05, 0.1) is 11.1 Å². The summed E-state index contributed by atoms with van der Waals surface area (Å²) in [5, 5.41) is 3.29. The molecule has 0 aliphatic carbocycles. The van der Waals surface area contributed by atoms with Crippen molar-refractivity contribution < 1.29 is 31.1 Å². The topological polar surface area (TPSA) is 32.3 Å². The molecule has 180 valence electrons. The van der Waals surface area contributed by atoms with Gasteiger partial charge in [-0.05, 0) is 54.3 Å². The molecule has 1 amide bonds. The Morgan fingerprint density at radius 1 is 1.03 bits per heavy atom. The SMILES string of the molecule is CCc1ccccc1C1CNCCC1C(=O)N(C)Cc1cc(C(F)(F)F)cc(C(F)(F)F)c1. The minimum absolute atomic E-state index is 0.0931. The molecule has 1 aliphatic heterocycles. The Bertz CT molecular complexity index is 953. The van der Waals surface area contributed by atoms with E-state index in [2.05, 4.69) is 5.32 Å².